The van der Waals surface area contributed by atoms with Gasteiger partial charge in [-0.05, 0) is 48.2 Å². The smallest absolute Gasteiger partial charge is 0.129 e. The highest BCUT2D eigenvalue weighted by Gasteiger charge is 2.14. The summed E-state index contributed by atoms with van der Waals surface area (Å²) >= 11 is 0. The second kappa shape index (κ2) is 7.85. The van der Waals surface area contributed by atoms with E-state index in [-0.39, 0.29) is 12.4 Å². The lowest BCUT2D eigenvalue weighted by Gasteiger charge is -2.28. The molecular formula is C21H23ClN2O. The Hall–Kier alpha value is -2.10. The standard InChI is InChI=1S/C21H22N2O.ClH/c1-16-13-21(23-9-11-24-12-10-23)22-20-8-7-18(15-19(16)20)14-17-5-3-2-4-6-17;/h2-8,13,15H,9-12,14H2,1H3;1H. The minimum absolute atomic E-state index is 0. The summed E-state index contributed by atoms with van der Waals surface area (Å²) in [7, 11) is 0. The topological polar surface area (TPSA) is 25.4 Å². The molecule has 0 bridgehead atoms. The zero-order chi connectivity index (χ0) is 16.4. The van der Waals surface area contributed by atoms with E-state index in [0.29, 0.717) is 0 Å². The number of aryl methyl sites for hydroxylation is 1. The molecule has 1 aromatic heterocycles. The maximum atomic E-state index is 5.44. The van der Waals surface area contributed by atoms with Gasteiger partial charge in [0.15, 0.2) is 0 Å². The van der Waals surface area contributed by atoms with Crippen LogP contribution >= 0.6 is 12.4 Å². The maximum absolute atomic E-state index is 5.44. The van der Waals surface area contributed by atoms with Crippen molar-refractivity contribution in [2.24, 2.45) is 0 Å². The van der Waals surface area contributed by atoms with E-state index in [4.69, 9.17) is 9.72 Å². The Morgan fingerprint density at radius 1 is 0.960 bits per heavy atom. The molecule has 1 aliphatic rings. The molecule has 3 aromatic rings. The minimum Gasteiger partial charge on any atom is -0.378 e. The molecule has 0 radical (unpaired) electrons. The average molecular weight is 355 g/mol. The average Bonchev–Trinajstić information content (AvgIpc) is 2.64. The highest BCUT2D eigenvalue weighted by Crippen LogP contribution is 2.25. The molecule has 4 heteroatoms. The van der Waals surface area contributed by atoms with E-state index < -0.39 is 0 Å². The van der Waals surface area contributed by atoms with E-state index in [1.54, 1.807) is 0 Å². The molecule has 1 fully saturated rings. The Morgan fingerprint density at radius 2 is 1.72 bits per heavy atom. The van der Waals surface area contributed by atoms with Gasteiger partial charge in [0.25, 0.3) is 0 Å². The lowest BCUT2D eigenvalue weighted by atomic mass is 10.0. The van der Waals surface area contributed by atoms with E-state index in [0.717, 1.165) is 44.1 Å². The van der Waals surface area contributed by atoms with Gasteiger partial charge < -0.3 is 9.64 Å². The molecule has 4 rings (SSSR count). The van der Waals surface area contributed by atoms with Gasteiger partial charge >= 0.3 is 0 Å². The molecule has 1 saturated heterocycles. The van der Waals surface area contributed by atoms with Crippen molar-refractivity contribution in [3.8, 4) is 0 Å². The maximum Gasteiger partial charge on any atom is 0.129 e. The number of ether oxygens (including phenoxy) is 1. The van der Waals surface area contributed by atoms with Gasteiger partial charge in [0, 0.05) is 18.5 Å². The summed E-state index contributed by atoms with van der Waals surface area (Å²) in [5.74, 6) is 1.07. The molecule has 130 valence electrons. The first kappa shape index (κ1) is 17.7. The molecule has 0 amide bonds. The number of pyridine rings is 1. The van der Waals surface area contributed by atoms with Crippen LogP contribution in [0.3, 0.4) is 0 Å². The van der Waals surface area contributed by atoms with Gasteiger partial charge in [0.2, 0.25) is 0 Å². The quantitative estimate of drug-likeness (QED) is 0.697. The highest BCUT2D eigenvalue weighted by molar-refractivity contribution is 5.85. The van der Waals surface area contributed by atoms with Gasteiger partial charge in [0.05, 0.1) is 18.7 Å². The third-order valence-electron chi connectivity index (χ3n) is 4.65. The molecule has 2 aromatic carbocycles. The second-order valence-corrected chi connectivity index (χ2v) is 6.41. The lowest BCUT2D eigenvalue weighted by Crippen LogP contribution is -2.36. The van der Waals surface area contributed by atoms with E-state index in [9.17, 15) is 0 Å². The summed E-state index contributed by atoms with van der Waals surface area (Å²) < 4.78 is 5.44. The largest absolute Gasteiger partial charge is 0.378 e. The van der Waals surface area contributed by atoms with Crippen molar-refractivity contribution >= 4 is 29.1 Å². The number of fused-ring (bicyclic) bond motifs is 1. The molecule has 25 heavy (non-hydrogen) atoms. The zero-order valence-corrected chi connectivity index (χ0v) is 15.3. The van der Waals surface area contributed by atoms with Crippen LogP contribution in [-0.4, -0.2) is 31.3 Å². The molecule has 0 unspecified atom stereocenters. The van der Waals surface area contributed by atoms with Crippen molar-refractivity contribution in [2.75, 3.05) is 31.2 Å². The van der Waals surface area contributed by atoms with Crippen LogP contribution in [0, 0.1) is 6.92 Å². The summed E-state index contributed by atoms with van der Waals surface area (Å²) in [5, 5.41) is 1.25. The summed E-state index contributed by atoms with van der Waals surface area (Å²) in [5.41, 5.74) is 5.04. The number of hydrogen-bond acceptors (Lipinski definition) is 3. The lowest BCUT2D eigenvalue weighted by molar-refractivity contribution is 0.122. The molecule has 2 heterocycles. The van der Waals surface area contributed by atoms with E-state index in [1.807, 2.05) is 0 Å². The number of nitrogens with zero attached hydrogens (tertiary/aromatic N) is 2. The summed E-state index contributed by atoms with van der Waals surface area (Å²) in [6.07, 6.45) is 0.960. The molecular weight excluding hydrogens is 332 g/mol. The van der Waals surface area contributed by atoms with Crippen LogP contribution in [0.15, 0.2) is 54.6 Å². The van der Waals surface area contributed by atoms with Gasteiger partial charge in [0.1, 0.15) is 5.82 Å². The number of rotatable bonds is 3. The molecule has 3 nitrogen and oxygen atoms in total. The molecule has 0 spiro atoms. The van der Waals surface area contributed by atoms with Crippen molar-refractivity contribution in [1.82, 2.24) is 4.98 Å². The molecule has 1 aliphatic heterocycles. The fourth-order valence-electron chi connectivity index (χ4n) is 3.32. The van der Waals surface area contributed by atoms with Crippen molar-refractivity contribution in [2.45, 2.75) is 13.3 Å². The van der Waals surface area contributed by atoms with Crippen LogP contribution in [0.2, 0.25) is 0 Å². The van der Waals surface area contributed by atoms with Gasteiger partial charge in [-0.3, -0.25) is 0 Å². The van der Waals surface area contributed by atoms with Crippen molar-refractivity contribution in [3.05, 3.63) is 71.3 Å². The summed E-state index contributed by atoms with van der Waals surface area (Å²) in [4.78, 5) is 7.19. The normalized spacial score (nSPS) is 14.4. The van der Waals surface area contributed by atoms with Crippen molar-refractivity contribution in [1.29, 1.82) is 0 Å². The van der Waals surface area contributed by atoms with E-state index in [1.165, 1.54) is 22.1 Å². The van der Waals surface area contributed by atoms with Crippen LogP contribution in [0.4, 0.5) is 5.82 Å². The van der Waals surface area contributed by atoms with E-state index >= 15 is 0 Å². The van der Waals surface area contributed by atoms with Crippen LogP contribution in [-0.2, 0) is 11.2 Å². The predicted octanol–water partition coefficient (Wildman–Crippen LogP) is 4.39. The first-order valence-electron chi connectivity index (χ1n) is 8.56. The third-order valence-corrected chi connectivity index (χ3v) is 4.65. The Kier molecular flexibility index (Phi) is 5.57. The van der Waals surface area contributed by atoms with Crippen LogP contribution in [0.5, 0.6) is 0 Å². The first-order chi connectivity index (χ1) is 11.8. The second-order valence-electron chi connectivity index (χ2n) is 6.41. The SMILES string of the molecule is Cc1cc(N2CCOCC2)nc2ccc(Cc3ccccc3)cc12.Cl. The van der Waals surface area contributed by atoms with Crippen LogP contribution in [0.25, 0.3) is 10.9 Å². The van der Waals surface area contributed by atoms with Crippen molar-refractivity contribution < 1.29 is 4.74 Å². The number of morpholine rings is 1. The Bertz CT molecular complexity index is 845. The Labute approximate surface area is 155 Å². The van der Waals surface area contributed by atoms with Gasteiger partial charge in [-0.1, -0.05) is 36.4 Å². The first-order valence-corrected chi connectivity index (χ1v) is 8.56. The number of benzene rings is 2. The highest BCUT2D eigenvalue weighted by atomic mass is 35.5. The van der Waals surface area contributed by atoms with E-state index in [2.05, 4.69) is 66.4 Å². The number of anilines is 1. The fourth-order valence-corrected chi connectivity index (χ4v) is 3.32. The fraction of sp³-hybridized carbons (Fsp3) is 0.286. The Morgan fingerprint density at radius 3 is 2.48 bits per heavy atom. The number of halogens is 1. The Balaban J connectivity index is 0.00000182. The third kappa shape index (κ3) is 3.94. The van der Waals surface area contributed by atoms with Gasteiger partial charge in [-0.25, -0.2) is 4.98 Å². The van der Waals surface area contributed by atoms with Gasteiger partial charge in [-0.15, -0.1) is 12.4 Å². The molecule has 0 aliphatic carbocycles. The van der Waals surface area contributed by atoms with Crippen LogP contribution in [0.1, 0.15) is 16.7 Å². The minimum atomic E-state index is 0. The molecule has 0 N–H and O–H groups in total. The van der Waals surface area contributed by atoms with Gasteiger partial charge in [-0.2, -0.15) is 0 Å². The summed E-state index contributed by atoms with van der Waals surface area (Å²) in [6, 6.07) is 19.5. The summed E-state index contributed by atoms with van der Waals surface area (Å²) in [6.45, 7) is 5.60. The monoisotopic (exact) mass is 354 g/mol. The predicted molar refractivity (Wildman–Crippen MR) is 106 cm³/mol. The van der Waals surface area contributed by atoms with Crippen molar-refractivity contribution in [3.63, 3.8) is 0 Å². The molecule has 0 atom stereocenters. The van der Waals surface area contributed by atoms with Crippen LogP contribution < -0.4 is 4.90 Å². The zero-order valence-electron chi connectivity index (χ0n) is 14.4. The number of hydrogen-bond donors (Lipinski definition) is 0. The number of aromatic nitrogens is 1. The molecule has 0 saturated carbocycles.